The van der Waals surface area contributed by atoms with Crippen LogP contribution >= 0.6 is 0 Å². The lowest BCUT2D eigenvalue weighted by Crippen LogP contribution is -2.23. The van der Waals surface area contributed by atoms with E-state index in [1.54, 1.807) is 12.1 Å². The molecule has 1 N–H and O–H groups in total. The largest absolute Gasteiger partial charge is 0.312 e. The van der Waals surface area contributed by atoms with E-state index >= 15 is 0 Å². The van der Waals surface area contributed by atoms with E-state index in [0.717, 1.165) is 18.5 Å². The minimum atomic E-state index is -0.352. The van der Waals surface area contributed by atoms with E-state index in [2.05, 4.69) is 17.5 Å². The highest BCUT2D eigenvalue weighted by atomic mass is 16.6. The zero-order chi connectivity index (χ0) is 12.8. The number of benzene rings is 1. The van der Waals surface area contributed by atoms with Gasteiger partial charge in [-0.2, -0.15) is 0 Å². The van der Waals surface area contributed by atoms with Gasteiger partial charge in [0.15, 0.2) is 0 Å². The van der Waals surface area contributed by atoms with Crippen LogP contribution in [0.5, 0.6) is 0 Å². The monoisotopic (exact) mass is 246 g/mol. The molecule has 0 aliphatic heterocycles. The molecule has 0 fully saturated rings. The molecule has 4 nitrogen and oxygen atoms in total. The second-order valence-electron chi connectivity index (χ2n) is 4.71. The van der Waals surface area contributed by atoms with Crippen LogP contribution < -0.4 is 5.32 Å². The Morgan fingerprint density at radius 1 is 1.39 bits per heavy atom. The molecule has 18 heavy (non-hydrogen) atoms. The van der Waals surface area contributed by atoms with Gasteiger partial charge in [0.2, 0.25) is 0 Å². The molecule has 0 heterocycles. The van der Waals surface area contributed by atoms with E-state index in [1.807, 2.05) is 6.07 Å². The minimum Gasteiger partial charge on any atom is -0.312 e. The minimum absolute atomic E-state index is 0.162. The van der Waals surface area contributed by atoms with Crippen molar-refractivity contribution in [3.63, 3.8) is 0 Å². The molecule has 1 aromatic carbocycles. The van der Waals surface area contributed by atoms with Crippen molar-refractivity contribution in [2.24, 2.45) is 5.92 Å². The third-order valence-corrected chi connectivity index (χ3v) is 3.26. The Morgan fingerprint density at radius 3 is 3.00 bits per heavy atom. The van der Waals surface area contributed by atoms with E-state index in [9.17, 15) is 10.1 Å². The van der Waals surface area contributed by atoms with Crippen molar-refractivity contribution >= 4 is 5.69 Å². The van der Waals surface area contributed by atoms with Crippen LogP contribution in [0, 0.1) is 16.0 Å². The Balaban J connectivity index is 1.81. The quantitative estimate of drug-likeness (QED) is 0.493. The molecular weight excluding hydrogens is 228 g/mol. The first-order valence-corrected chi connectivity index (χ1v) is 6.35. The summed E-state index contributed by atoms with van der Waals surface area (Å²) in [5.74, 6) is 0.702. The van der Waals surface area contributed by atoms with Crippen molar-refractivity contribution in [3.8, 4) is 0 Å². The number of hydrogen-bond acceptors (Lipinski definition) is 3. The third-order valence-electron chi connectivity index (χ3n) is 3.26. The maximum absolute atomic E-state index is 10.7. The maximum Gasteiger partial charge on any atom is 0.269 e. The number of nitro groups is 1. The number of nitrogens with zero attached hydrogens (tertiary/aromatic N) is 1. The lowest BCUT2D eigenvalue weighted by atomic mass is 9.94. The zero-order valence-electron chi connectivity index (χ0n) is 10.3. The van der Waals surface area contributed by atoms with Gasteiger partial charge in [0.25, 0.3) is 5.69 Å². The van der Waals surface area contributed by atoms with Gasteiger partial charge < -0.3 is 5.32 Å². The van der Waals surface area contributed by atoms with E-state index < -0.39 is 0 Å². The first-order chi connectivity index (χ1) is 8.75. The molecule has 1 unspecified atom stereocenters. The summed E-state index contributed by atoms with van der Waals surface area (Å²) in [6, 6.07) is 6.81. The Morgan fingerprint density at radius 2 is 2.28 bits per heavy atom. The molecule has 1 aliphatic carbocycles. The Bertz CT molecular complexity index is 443. The predicted molar refractivity (Wildman–Crippen MR) is 71.3 cm³/mol. The summed E-state index contributed by atoms with van der Waals surface area (Å²) in [6.07, 6.45) is 8.02. The van der Waals surface area contributed by atoms with E-state index in [0.29, 0.717) is 12.5 Å². The standard InChI is InChI=1S/C14H18N2O2/c17-16(18)14-8-4-7-13(9-14)11-15-10-12-5-2-1-3-6-12/h1-2,4,7-9,12,15H,3,5-6,10-11H2. The molecule has 2 rings (SSSR count). The highest BCUT2D eigenvalue weighted by Crippen LogP contribution is 2.17. The third kappa shape index (κ3) is 3.67. The van der Waals surface area contributed by atoms with Crippen molar-refractivity contribution in [2.75, 3.05) is 6.54 Å². The van der Waals surface area contributed by atoms with Gasteiger partial charge in [-0.25, -0.2) is 0 Å². The van der Waals surface area contributed by atoms with E-state index in [-0.39, 0.29) is 10.6 Å². The van der Waals surface area contributed by atoms with E-state index in [1.165, 1.54) is 18.9 Å². The van der Waals surface area contributed by atoms with Crippen LogP contribution in [0.3, 0.4) is 0 Å². The number of non-ortho nitro benzene ring substituents is 1. The molecule has 0 spiro atoms. The Labute approximate surface area is 107 Å². The summed E-state index contributed by atoms with van der Waals surface area (Å²) in [5.41, 5.74) is 1.13. The first-order valence-electron chi connectivity index (χ1n) is 6.35. The summed E-state index contributed by atoms with van der Waals surface area (Å²) in [5, 5.41) is 14.0. The molecule has 1 atom stereocenters. The van der Waals surface area contributed by atoms with Gasteiger partial charge in [0.1, 0.15) is 0 Å². The fourth-order valence-corrected chi connectivity index (χ4v) is 2.24. The number of rotatable bonds is 5. The fourth-order valence-electron chi connectivity index (χ4n) is 2.24. The normalized spacial score (nSPS) is 18.8. The van der Waals surface area contributed by atoms with Crippen LogP contribution in [-0.2, 0) is 6.54 Å². The van der Waals surface area contributed by atoms with Crippen LogP contribution in [0.25, 0.3) is 0 Å². The van der Waals surface area contributed by atoms with Gasteiger partial charge in [-0.1, -0.05) is 24.3 Å². The molecule has 0 bridgehead atoms. The topological polar surface area (TPSA) is 55.2 Å². The van der Waals surface area contributed by atoms with Crippen LogP contribution in [-0.4, -0.2) is 11.5 Å². The summed E-state index contributed by atoms with van der Waals surface area (Å²) in [4.78, 5) is 10.3. The molecular formula is C14H18N2O2. The van der Waals surface area contributed by atoms with Gasteiger partial charge in [-0.15, -0.1) is 0 Å². The van der Waals surface area contributed by atoms with Crippen LogP contribution in [0.15, 0.2) is 36.4 Å². The molecule has 1 aromatic rings. The van der Waals surface area contributed by atoms with E-state index in [4.69, 9.17) is 0 Å². The molecule has 1 aliphatic rings. The summed E-state index contributed by atoms with van der Waals surface area (Å²) < 4.78 is 0. The number of nitrogens with one attached hydrogen (secondary N) is 1. The van der Waals surface area contributed by atoms with Gasteiger partial charge >= 0.3 is 0 Å². The molecule has 0 saturated carbocycles. The van der Waals surface area contributed by atoms with Gasteiger partial charge in [0, 0.05) is 18.7 Å². The average Bonchev–Trinajstić information content (AvgIpc) is 2.40. The molecule has 0 saturated heterocycles. The zero-order valence-corrected chi connectivity index (χ0v) is 10.3. The van der Waals surface area contributed by atoms with Crippen molar-refractivity contribution in [2.45, 2.75) is 25.8 Å². The lowest BCUT2D eigenvalue weighted by Gasteiger charge is -2.18. The first kappa shape index (κ1) is 12.8. The van der Waals surface area contributed by atoms with Crippen LogP contribution in [0.4, 0.5) is 5.69 Å². The highest BCUT2D eigenvalue weighted by Gasteiger charge is 2.09. The lowest BCUT2D eigenvalue weighted by molar-refractivity contribution is -0.384. The molecule has 0 radical (unpaired) electrons. The van der Waals surface area contributed by atoms with Crippen molar-refractivity contribution in [1.29, 1.82) is 0 Å². The Hall–Kier alpha value is -1.68. The average molecular weight is 246 g/mol. The summed E-state index contributed by atoms with van der Waals surface area (Å²) in [6.45, 7) is 1.68. The molecule has 0 aromatic heterocycles. The number of allylic oxidation sites excluding steroid dienone is 2. The molecule has 4 heteroatoms. The highest BCUT2D eigenvalue weighted by molar-refractivity contribution is 5.34. The van der Waals surface area contributed by atoms with Gasteiger partial charge in [0.05, 0.1) is 4.92 Å². The second kappa shape index (κ2) is 6.31. The number of nitro benzene ring substituents is 1. The molecule has 96 valence electrons. The van der Waals surface area contributed by atoms with Gasteiger partial charge in [-0.05, 0) is 37.3 Å². The van der Waals surface area contributed by atoms with Crippen molar-refractivity contribution in [1.82, 2.24) is 5.32 Å². The van der Waals surface area contributed by atoms with Crippen LogP contribution in [0.2, 0.25) is 0 Å². The van der Waals surface area contributed by atoms with Gasteiger partial charge in [-0.3, -0.25) is 10.1 Å². The summed E-state index contributed by atoms with van der Waals surface area (Å²) >= 11 is 0. The summed E-state index contributed by atoms with van der Waals surface area (Å²) in [7, 11) is 0. The fraction of sp³-hybridized carbons (Fsp3) is 0.429. The smallest absolute Gasteiger partial charge is 0.269 e. The van der Waals surface area contributed by atoms with Crippen molar-refractivity contribution in [3.05, 3.63) is 52.1 Å². The maximum atomic E-state index is 10.7. The van der Waals surface area contributed by atoms with Crippen molar-refractivity contribution < 1.29 is 4.92 Å². The second-order valence-corrected chi connectivity index (χ2v) is 4.71. The molecule has 0 amide bonds. The van der Waals surface area contributed by atoms with Crippen LogP contribution in [0.1, 0.15) is 24.8 Å². The predicted octanol–water partition coefficient (Wildman–Crippen LogP) is 3.04. The SMILES string of the molecule is O=[N+]([O-])c1cccc(CNCC2CC=CCC2)c1. The Kier molecular flexibility index (Phi) is 4.47. The number of hydrogen-bond donors (Lipinski definition) is 1.